The summed E-state index contributed by atoms with van der Waals surface area (Å²) in [6, 6.07) is 12.2. The zero-order chi connectivity index (χ0) is 22.9. The highest BCUT2D eigenvalue weighted by Gasteiger charge is 2.29. The lowest BCUT2D eigenvalue weighted by Gasteiger charge is -2.31. The standard InChI is InChI=1S/C25H29N3O3S/c1-15(10-11-17-8-6-5-7-9-17)26-23(30)22-21(27-16(2)29)19-12-18-14-31-25(3,4)13-20(18)28-24(19)32-22/h5-9,12,15H,10-11,13-14H2,1-4H3,(H,26,30)(H,27,29)/t15-/m0/s1. The van der Waals surface area contributed by atoms with Crippen LogP contribution >= 0.6 is 11.3 Å². The van der Waals surface area contributed by atoms with Gasteiger partial charge in [0.2, 0.25) is 5.91 Å². The number of anilines is 1. The van der Waals surface area contributed by atoms with Gasteiger partial charge in [-0.1, -0.05) is 30.3 Å². The lowest BCUT2D eigenvalue weighted by atomic mass is 9.95. The molecule has 4 rings (SSSR count). The van der Waals surface area contributed by atoms with Gasteiger partial charge in [-0.3, -0.25) is 9.59 Å². The van der Waals surface area contributed by atoms with Crippen molar-refractivity contribution in [2.24, 2.45) is 0 Å². The first-order valence-electron chi connectivity index (χ1n) is 10.9. The van der Waals surface area contributed by atoms with Crippen LogP contribution < -0.4 is 10.6 Å². The van der Waals surface area contributed by atoms with Crippen molar-refractivity contribution >= 4 is 39.1 Å². The van der Waals surface area contributed by atoms with Crippen molar-refractivity contribution in [1.29, 1.82) is 0 Å². The van der Waals surface area contributed by atoms with E-state index in [2.05, 4.69) is 36.6 Å². The minimum Gasteiger partial charge on any atom is -0.370 e. The van der Waals surface area contributed by atoms with E-state index >= 15 is 0 Å². The second-order valence-electron chi connectivity index (χ2n) is 9.06. The molecule has 32 heavy (non-hydrogen) atoms. The predicted molar refractivity (Wildman–Crippen MR) is 128 cm³/mol. The molecule has 1 aliphatic heterocycles. The van der Waals surface area contributed by atoms with Gasteiger partial charge in [0.05, 0.1) is 23.6 Å². The maximum Gasteiger partial charge on any atom is 0.263 e. The van der Waals surface area contributed by atoms with E-state index < -0.39 is 0 Å². The average Bonchev–Trinajstić information content (AvgIpc) is 3.07. The fourth-order valence-electron chi connectivity index (χ4n) is 3.96. The van der Waals surface area contributed by atoms with Gasteiger partial charge in [0.15, 0.2) is 0 Å². The number of benzene rings is 1. The number of aromatic nitrogens is 1. The molecule has 2 amide bonds. The Morgan fingerprint density at radius 3 is 2.72 bits per heavy atom. The monoisotopic (exact) mass is 451 g/mol. The lowest BCUT2D eigenvalue weighted by molar-refractivity contribution is -0.114. The number of pyridine rings is 1. The van der Waals surface area contributed by atoms with Crippen molar-refractivity contribution in [3.05, 3.63) is 58.1 Å². The van der Waals surface area contributed by atoms with Crippen molar-refractivity contribution in [3.63, 3.8) is 0 Å². The first kappa shape index (κ1) is 22.4. The second-order valence-corrected chi connectivity index (χ2v) is 10.1. The molecule has 3 heterocycles. The summed E-state index contributed by atoms with van der Waals surface area (Å²) in [7, 11) is 0. The molecule has 0 bridgehead atoms. The summed E-state index contributed by atoms with van der Waals surface area (Å²) in [4.78, 5) is 31.1. The summed E-state index contributed by atoms with van der Waals surface area (Å²) in [5.74, 6) is -0.405. The van der Waals surface area contributed by atoms with Gasteiger partial charge < -0.3 is 15.4 Å². The molecular formula is C25H29N3O3S. The van der Waals surface area contributed by atoms with Crippen molar-refractivity contribution < 1.29 is 14.3 Å². The van der Waals surface area contributed by atoms with Gasteiger partial charge >= 0.3 is 0 Å². The predicted octanol–water partition coefficient (Wildman–Crippen LogP) is 4.86. The molecule has 2 aromatic heterocycles. The third-order valence-electron chi connectivity index (χ3n) is 5.66. The Labute approximate surface area is 192 Å². The Kier molecular flexibility index (Phi) is 6.31. The summed E-state index contributed by atoms with van der Waals surface area (Å²) >= 11 is 1.32. The fraction of sp³-hybridized carbons (Fsp3) is 0.400. The third-order valence-corrected chi connectivity index (χ3v) is 6.75. The summed E-state index contributed by atoms with van der Waals surface area (Å²) in [5, 5.41) is 6.74. The molecule has 3 aromatic rings. The quantitative estimate of drug-likeness (QED) is 0.561. The second kappa shape index (κ2) is 9.00. The zero-order valence-corrected chi connectivity index (χ0v) is 19.8. The minimum absolute atomic E-state index is 0.00606. The maximum atomic E-state index is 13.2. The summed E-state index contributed by atoms with van der Waals surface area (Å²) in [6.45, 7) is 8.02. The average molecular weight is 452 g/mol. The van der Waals surface area contributed by atoms with Gasteiger partial charge in [-0.15, -0.1) is 11.3 Å². The Bertz CT molecular complexity index is 1150. The molecule has 1 aliphatic rings. The van der Waals surface area contributed by atoms with Crippen LogP contribution in [0.15, 0.2) is 36.4 Å². The number of hydrogen-bond donors (Lipinski definition) is 2. The van der Waals surface area contributed by atoms with E-state index in [1.165, 1.54) is 23.8 Å². The highest BCUT2D eigenvalue weighted by molar-refractivity contribution is 7.21. The number of nitrogens with one attached hydrogen (secondary N) is 2. The molecule has 0 radical (unpaired) electrons. The normalized spacial score (nSPS) is 15.8. The van der Waals surface area contributed by atoms with Crippen molar-refractivity contribution in [3.8, 4) is 0 Å². The summed E-state index contributed by atoms with van der Waals surface area (Å²) in [6.07, 6.45) is 2.43. The number of amides is 2. The Hall–Kier alpha value is -2.77. The molecular weight excluding hydrogens is 422 g/mol. The molecule has 2 N–H and O–H groups in total. The molecule has 1 atom stereocenters. The molecule has 7 heteroatoms. The van der Waals surface area contributed by atoms with Crippen LogP contribution in [-0.4, -0.2) is 28.4 Å². The van der Waals surface area contributed by atoms with Crippen LogP contribution in [0.25, 0.3) is 10.2 Å². The minimum atomic E-state index is -0.264. The highest BCUT2D eigenvalue weighted by Crippen LogP contribution is 2.38. The van der Waals surface area contributed by atoms with E-state index in [0.717, 1.165) is 34.3 Å². The van der Waals surface area contributed by atoms with Gasteiger partial charge in [0.1, 0.15) is 9.71 Å². The molecule has 0 spiro atoms. The number of rotatable bonds is 6. The summed E-state index contributed by atoms with van der Waals surface area (Å²) < 4.78 is 5.93. The maximum absolute atomic E-state index is 13.2. The Morgan fingerprint density at radius 1 is 1.25 bits per heavy atom. The highest BCUT2D eigenvalue weighted by atomic mass is 32.1. The van der Waals surface area contributed by atoms with Crippen molar-refractivity contribution in [2.45, 2.75) is 65.2 Å². The molecule has 0 saturated heterocycles. The Balaban J connectivity index is 1.59. The lowest BCUT2D eigenvalue weighted by Crippen LogP contribution is -2.33. The molecule has 6 nitrogen and oxygen atoms in total. The fourth-order valence-corrected chi connectivity index (χ4v) is 4.99. The number of fused-ring (bicyclic) bond motifs is 2. The molecule has 1 aromatic carbocycles. The first-order valence-corrected chi connectivity index (χ1v) is 11.7. The van der Waals surface area contributed by atoms with Crippen LogP contribution in [0.4, 0.5) is 5.69 Å². The van der Waals surface area contributed by atoms with Gasteiger partial charge in [-0.2, -0.15) is 0 Å². The van der Waals surface area contributed by atoms with Gasteiger partial charge in [0.25, 0.3) is 5.91 Å². The molecule has 0 saturated carbocycles. The SMILES string of the molecule is CC(=O)Nc1c(C(=O)N[C@@H](C)CCc2ccccc2)sc2nc3c(cc12)COC(C)(C)C3. The van der Waals surface area contributed by atoms with Crippen molar-refractivity contribution in [2.75, 3.05) is 5.32 Å². The van der Waals surface area contributed by atoms with Crippen LogP contribution in [0.5, 0.6) is 0 Å². The first-order chi connectivity index (χ1) is 15.2. The molecule has 0 aliphatic carbocycles. The van der Waals surface area contributed by atoms with Gasteiger partial charge in [-0.05, 0) is 45.2 Å². The van der Waals surface area contributed by atoms with Crippen LogP contribution in [0.1, 0.15) is 60.6 Å². The largest absolute Gasteiger partial charge is 0.370 e. The molecule has 168 valence electrons. The van der Waals surface area contributed by atoms with E-state index in [1.54, 1.807) is 0 Å². The third kappa shape index (κ3) is 5.00. The number of hydrogen-bond acceptors (Lipinski definition) is 5. The molecule has 0 unspecified atom stereocenters. The van der Waals surface area contributed by atoms with Crippen LogP contribution in [0.2, 0.25) is 0 Å². The van der Waals surface area contributed by atoms with E-state index in [-0.39, 0.29) is 23.5 Å². The van der Waals surface area contributed by atoms with Crippen LogP contribution in [-0.2, 0) is 29.0 Å². The number of carbonyl (C=O) groups is 2. The summed E-state index contributed by atoms with van der Waals surface area (Å²) in [5.41, 5.74) is 3.51. The van der Waals surface area contributed by atoms with E-state index in [9.17, 15) is 9.59 Å². The van der Waals surface area contributed by atoms with Gasteiger partial charge in [-0.25, -0.2) is 4.98 Å². The molecule has 0 fully saturated rings. The number of thiophene rings is 1. The van der Waals surface area contributed by atoms with Crippen molar-refractivity contribution in [1.82, 2.24) is 10.3 Å². The number of carbonyl (C=O) groups excluding carboxylic acids is 2. The van der Waals surface area contributed by atoms with Crippen LogP contribution in [0, 0.1) is 0 Å². The van der Waals surface area contributed by atoms with Crippen LogP contribution in [0.3, 0.4) is 0 Å². The van der Waals surface area contributed by atoms with E-state index in [0.29, 0.717) is 23.6 Å². The number of aryl methyl sites for hydroxylation is 1. The number of ether oxygens (including phenoxy) is 1. The Morgan fingerprint density at radius 2 is 2.00 bits per heavy atom. The van der Waals surface area contributed by atoms with E-state index in [4.69, 9.17) is 9.72 Å². The zero-order valence-electron chi connectivity index (χ0n) is 19.0. The van der Waals surface area contributed by atoms with E-state index in [1.807, 2.05) is 31.2 Å². The van der Waals surface area contributed by atoms with Gasteiger partial charge in [0, 0.05) is 30.3 Å². The number of nitrogens with zero attached hydrogens (tertiary/aromatic N) is 1. The topological polar surface area (TPSA) is 80.3 Å². The smallest absolute Gasteiger partial charge is 0.263 e.